The largest absolute Gasteiger partial charge is 0.459 e. The van der Waals surface area contributed by atoms with E-state index in [2.05, 4.69) is 10.6 Å². The lowest BCUT2D eigenvalue weighted by Crippen LogP contribution is -2.45. The third-order valence-corrected chi connectivity index (χ3v) is 5.29. The molecule has 27 heavy (non-hydrogen) atoms. The number of fused-ring (bicyclic) bond motifs is 1. The van der Waals surface area contributed by atoms with Gasteiger partial charge in [0, 0.05) is 5.70 Å². The highest BCUT2D eigenvalue weighted by molar-refractivity contribution is 5.95. The molecule has 1 unspecified atom stereocenters. The summed E-state index contributed by atoms with van der Waals surface area (Å²) < 4.78 is 16.6. The molecule has 7 heteroatoms. The standard InChI is InChI=1S/C20H24N2O5/c1-12-17(19(23)27-14-6-4-2-3-5-7-14)18(22-20(24)21-12)13-8-9-15-16(10-13)26-11-25-15/h8-10,14,18H,2-7,11H2,1H3,(H2,21,22,24). The van der Waals surface area contributed by atoms with Crippen LogP contribution in [0.15, 0.2) is 29.5 Å². The molecule has 4 rings (SSSR count). The monoisotopic (exact) mass is 372 g/mol. The molecule has 0 aromatic heterocycles. The van der Waals surface area contributed by atoms with Crippen LogP contribution in [0.25, 0.3) is 0 Å². The van der Waals surface area contributed by atoms with E-state index in [0.29, 0.717) is 22.8 Å². The van der Waals surface area contributed by atoms with Crippen LogP contribution in [0.5, 0.6) is 11.5 Å². The molecule has 2 N–H and O–H groups in total. The van der Waals surface area contributed by atoms with Crippen LogP contribution in [-0.2, 0) is 9.53 Å². The van der Waals surface area contributed by atoms with E-state index in [4.69, 9.17) is 14.2 Å². The Hall–Kier alpha value is -2.70. The number of benzene rings is 1. The molecule has 2 heterocycles. The summed E-state index contributed by atoms with van der Waals surface area (Å²) in [5.41, 5.74) is 1.69. The number of nitrogens with one attached hydrogen (secondary N) is 2. The molecule has 0 bridgehead atoms. The zero-order valence-electron chi connectivity index (χ0n) is 15.4. The van der Waals surface area contributed by atoms with Crippen molar-refractivity contribution in [3.63, 3.8) is 0 Å². The van der Waals surface area contributed by atoms with E-state index in [9.17, 15) is 9.59 Å². The Morgan fingerprint density at radius 2 is 1.85 bits per heavy atom. The van der Waals surface area contributed by atoms with Crippen molar-refractivity contribution in [2.24, 2.45) is 0 Å². The second-order valence-corrected chi connectivity index (χ2v) is 7.20. The van der Waals surface area contributed by atoms with Gasteiger partial charge in [0.15, 0.2) is 11.5 Å². The third kappa shape index (κ3) is 3.72. The normalized spacial score (nSPS) is 22.7. The molecule has 1 atom stereocenters. The molecule has 0 saturated heterocycles. The van der Waals surface area contributed by atoms with Crippen LogP contribution in [-0.4, -0.2) is 24.9 Å². The highest BCUT2D eigenvalue weighted by atomic mass is 16.7. The van der Waals surface area contributed by atoms with Gasteiger partial charge in [-0.1, -0.05) is 18.9 Å². The number of carbonyl (C=O) groups is 2. The lowest BCUT2D eigenvalue weighted by Gasteiger charge is -2.29. The maximum Gasteiger partial charge on any atom is 0.338 e. The minimum atomic E-state index is -0.591. The van der Waals surface area contributed by atoms with Crippen LogP contribution in [0.2, 0.25) is 0 Å². The number of ether oxygens (including phenoxy) is 3. The Morgan fingerprint density at radius 1 is 1.11 bits per heavy atom. The minimum absolute atomic E-state index is 0.0599. The Bertz CT molecular complexity index is 781. The van der Waals surface area contributed by atoms with E-state index >= 15 is 0 Å². The fourth-order valence-electron chi connectivity index (χ4n) is 3.88. The summed E-state index contributed by atoms with van der Waals surface area (Å²) in [5.74, 6) is 0.881. The zero-order valence-corrected chi connectivity index (χ0v) is 15.4. The predicted octanol–water partition coefficient (Wildman–Crippen LogP) is 3.31. The number of urea groups is 1. The molecule has 1 fully saturated rings. The summed E-state index contributed by atoms with van der Waals surface area (Å²) >= 11 is 0. The fourth-order valence-corrected chi connectivity index (χ4v) is 3.88. The Balaban J connectivity index is 1.60. The molecule has 7 nitrogen and oxygen atoms in total. The maximum absolute atomic E-state index is 13.0. The molecule has 2 aliphatic heterocycles. The average Bonchev–Trinajstić information content (AvgIpc) is 2.96. The molecule has 0 spiro atoms. The summed E-state index contributed by atoms with van der Waals surface area (Å²) in [6, 6.07) is 4.48. The van der Waals surface area contributed by atoms with Gasteiger partial charge in [0.1, 0.15) is 6.10 Å². The lowest BCUT2D eigenvalue weighted by atomic mass is 9.95. The second kappa shape index (κ2) is 7.50. The number of allylic oxidation sites excluding steroid dienone is 1. The average molecular weight is 372 g/mol. The highest BCUT2D eigenvalue weighted by Gasteiger charge is 2.34. The smallest absolute Gasteiger partial charge is 0.338 e. The van der Waals surface area contributed by atoms with Gasteiger partial charge in [-0.3, -0.25) is 0 Å². The van der Waals surface area contributed by atoms with Crippen molar-refractivity contribution in [2.75, 3.05) is 6.79 Å². The molecular formula is C20H24N2O5. The minimum Gasteiger partial charge on any atom is -0.459 e. The van der Waals surface area contributed by atoms with Crippen molar-refractivity contribution in [3.8, 4) is 11.5 Å². The number of amides is 2. The quantitative estimate of drug-likeness (QED) is 0.628. The third-order valence-electron chi connectivity index (χ3n) is 5.29. The number of carbonyl (C=O) groups excluding carboxylic acids is 2. The van der Waals surface area contributed by atoms with Gasteiger partial charge < -0.3 is 24.8 Å². The summed E-state index contributed by atoms with van der Waals surface area (Å²) in [6.45, 7) is 1.89. The Labute approximate surface area is 158 Å². The molecule has 0 radical (unpaired) electrons. The van der Waals surface area contributed by atoms with Crippen LogP contribution in [0, 0.1) is 0 Å². The van der Waals surface area contributed by atoms with Crippen molar-refractivity contribution >= 4 is 12.0 Å². The molecule has 3 aliphatic rings. The summed E-state index contributed by atoms with van der Waals surface area (Å²) in [7, 11) is 0. The topological polar surface area (TPSA) is 85.9 Å². The van der Waals surface area contributed by atoms with Gasteiger partial charge in [0.05, 0.1) is 11.6 Å². The van der Waals surface area contributed by atoms with E-state index in [0.717, 1.165) is 31.2 Å². The number of esters is 1. The Kier molecular flexibility index (Phi) is 4.92. The van der Waals surface area contributed by atoms with E-state index in [-0.39, 0.29) is 24.9 Å². The SMILES string of the molecule is CC1=C(C(=O)OC2CCCCCC2)C(c2ccc3c(c2)OCO3)NC(=O)N1. The molecule has 1 aromatic carbocycles. The van der Waals surface area contributed by atoms with Crippen LogP contribution in [0.1, 0.15) is 57.1 Å². The summed E-state index contributed by atoms with van der Waals surface area (Å²) in [4.78, 5) is 25.0. The van der Waals surface area contributed by atoms with Crippen LogP contribution >= 0.6 is 0 Å². The van der Waals surface area contributed by atoms with Gasteiger partial charge in [0.2, 0.25) is 6.79 Å². The molecule has 1 aliphatic carbocycles. The first-order chi connectivity index (χ1) is 13.1. The van der Waals surface area contributed by atoms with E-state index in [1.165, 1.54) is 12.8 Å². The first-order valence-corrected chi connectivity index (χ1v) is 9.50. The number of hydrogen-bond acceptors (Lipinski definition) is 5. The predicted molar refractivity (Wildman–Crippen MR) is 97.3 cm³/mol. The fraction of sp³-hybridized carbons (Fsp3) is 0.500. The van der Waals surface area contributed by atoms with Crippen molar-refractivity contribution in [1.82, 2.24) is 10.6 Å². The number of rotatable bonds is 3. The van der Waals surface area contributed by atoms with Gasteiger partial charge in [-0.25, -0.2) is 9.59 Å². The molecule has 1 saturated carbocycles. The lowest BCUT2D eigenvalue weighted by molar-refractivity contribution is -0.145. The molecular weight excluding hydrogens is 348 g/mol. The van der Waals surface area contributed by atoms with Gasteiger partial charge in [-0.2, -0.15) is 0 Å². The maximum atomic E-state index is 13.0. The van der Waals surface area contributed by atoms with Gasteiger partial charge in [-0.05, 0) is 50.3 Å². The van der Waals surface area contributed by atoms with Crippen molar-refractivity contribution in [1.29, 1.82) is 0 Å². The van der Waals surface area contributed by atoms with Crippen molar-refractivity contribution in [3.05, 3.63) is 35.0 Å². The van der Waals surface area contributed by atoms with E-state index in [1.54, 1.807) is 19.1 Å². The van der Waals surface area contributed by atoms with Crippen molar-refractivity contribution < 1.29 is 23.8 Å². The number of hydrogen-bond donors (Lipinski definition) is 2. The Morgan fingerprint density at radius 3 is 2.63 bits per heavy atom. The second-order valence-electron chi connectivity index (χ2n) is 7.20. The highest BCUT2D eigenvalue weighted by Crippen LogP contribution is 2.37. The first-order valence-electron chi connectivity index (χ1n) is 9.50. The zero-order chi connectivity index (χ0) is 18.8. The van der Waals surface area contributed by atoms with E-state index < -0.39 is 6.04 Å². The van der Waals surface area contributed by atoms with E-state index in [1.807, 2.05) is 6.07 Å². The molecule has 1 aromatic rings. The first kappa shape index (κ1) is 17.7. The van der Waals surface area contributed by atoms with Gasteiger partial charge in [-0.15, -0.1) is 0 Å². The van der Waals surface area contributed by atoms with Crippen molar-refractivity contribution in [2.45, 2.75) is 57.6 Å². The van der Waals surface area contributed by atoms with Gasteiger partial charge in [0.25, 0.3) is 0 Å². The summed E-state index contributed by atoms with van der Waals surface area (Å²) in [6.07, 6.45) is 6.27. The summed E-state index contributed by atoms with van der Waals surface area (Å²) in [5, 5.41) is 5.51. The van der Waals surface area contributed by atoms with Gasteiger partial charge >= 0.3 is 12.0 Å². The molecule has 2 amide bonds. The molecule has 144 valence electrons. The van der Waals surface area contributed by atoms with Crippen LogP contribution < -0.4 is 20.1 Å². The van der Waals surface area contributed by atoms with Crippen LogP contribution in [0.4, 0.5) is 4.79 Å². The van der Waals surface area contributed by atoms with Crippen LogP contribution in [0.3, 0.4) is 0 Å².